The van der Waals surface area contributed by atoms with Gasteiger partial charge >= 0.3 is 0 Å². The van der Waals surface area contributed by atoms with Crippen LogP contribution in [-0.4, -0.2) is 59.3 Å². The summed E-state index contributed by atoms with van der Waals surface area (Å²) < 4.78 is 13.6. The summed E-state index contributed by atoms with van der Waals surface area (Å²) >= 11 is 0. The number of benzene rings is 2. The van der Waals surface area contributed by atoms with Gasteiger partial charge in [0.2, 0.25) is 5.91 Å². The summed E-state index contributed by atoms with van der Waals surface area (Å²) in [7, 11) is 0. The molecule has 40 heavy (non-hydrogen) atoms. The molecular formula is C30H33N7O3. The number of aryl methyl sites for hydroxylation is 2. The van der Waals surface area contributed by atoms with Gasteiger partial charge in [0.15, 0.2) is 11.6 Å². The predicted molar refractivity (Wildman–Crippen MR) is 156 cm³/mol. The third-order valence-electron chi connectivity index (χ3n) is 7.38. The Balaban J connectivity index is 1.31. The molecule has 10 heteroatoms. The minimum absolute atomic E-state index is 0.128. The number of nitrogens with one attached hydrogen (secondary N) is 2. The molecule has 0 radical (unpaired) electrons. The number of rotatable bonds is 6. The van der Waals surface area contributed by atoms with Gasteiger partial charge < -0.3 is 20.2 Å². The van der Waals surface area contributed by atoms with Crippen LogP contribution in [0.3, 0.4) is 0 Å². The first kappa shape index (κ1) is 25.8. The van der Waals surface area contributed by atoms with Gasteiger partial charge in [-0.05, 0) is 57.2 Å². The third kappa shape index (κ3) is 4.87. The van der Waals surface area contributed by atoms with Crippen molar-refractivity contribution in [2.24, 2.45) is 10.8 Å². The number of fused-ring (bicyclic) bond motifs is 2. The van der Waals surface area contributed by atoms with Crippen molar-refractivity contribution in [3.05, 3.63) is 77.0 Å². The number of nitrogens with two attached hydrogens (primary N) is 1. The van der Waals surface area contributed by atoms with Gasteiger partial charge in [-0.3, -0.25) is 15.1 Å². The van der Waals surface area contributed by atoms with Gasteiger partial charge in [0.1, 0.15) is 11.3 Å². The van der Waals surface area contributed by atoms with Crippen molar-refractivity contribution in [1.82, 2.24) is 20.1 Å². The van der Waals surface area contributed by atoms with Crippen LogP contribution in [-0.2, 0) is 9.53 Å². The van der Waals surface area contributed by atoms with E-state index in [0.29, 0.717) is 17.3 Å². The van der Waals surface area contributed by atoms with Crippen LogP contribution in [0.1, 0.15) is 35.3 Å². The zero-order valence-electron chi connectivity index (χ0n) is 22.9. The Morgan fingerprint density at radius 2 is 1.95 bits per heavy atom. The summed E-state index contributed by atoms with van der Waals surface area (Å²) in [5.74, 6) is 0.885. The Morgan fingerprint density at radius 3 is 2.73 bits per heavy atom. The van der Waals surface area contributed by atoms with Crippen molar-refractivity contribution >= 4 is 28.4 Å². The number of morpholine rings is 1. The minimum atomic E-state index is -0.173. The predicted octanol–water partition coefficient (Wildman–Crippen LogP) is 4.01. The number of furan rings is 1. The van der Waals surface area contributed by atoms with Crippen molar-refractivity contribution in [1.29, 1.82) is 0 Å². The lowest BCUT2D eigenvalue weighted by Crippen LogP contribution is -2.36. The highest BCUT2D eigenvalue weighted by Gasteiger charge is 2.32. The van der Waals surface area contributed by atoms with Crippen molar-refractivity contribution in [3.63, 3.8) is 0 Å². The maximum atomic E-state index is 12.5. The molecule has 4 N–H and O–H groups in total. The number of hydrazone groups is 1. The molecule has 0 saturated carbocycles. The van der Waals surface area contributed by atoms with Crippen LogP contribution in [0.15, 0.2) is 64.1 Å². The lowest BCUT2D eigenvalue weighted by atomic mass is 10.0. The second-order valence-electron chi connectivity index (χ2n) is 10.3. The van der Waals surface area contributed by atoms with Crippen molar-refractivity contribution in [2.45, 2.75) is 26.8 Å². The van der Waals surface area contributed by atoms with Gasteiger partial charge in [0.25, 0.3) is 0 Å². The third-order valence-corrected chi connectivity index (χ3v) is 7.38. The van der Waals surface area contributed by atoms with Crippen molar-refractivity contribution in [3.8, 4) is 17.1 Å². The van der Waals surface area contributed by atoms with E-state index < -0.39 is 0 Å². The highest BCUT2D eigenvalue weighted by molar-refractivity contribution is 6.05. The number of nitrogens with zero attached hydrogens (tertiary/aromatic N) is 4. The highest BCUT2D eigenvalue weighted by atomic mass is 16.5. The molecule has 1 saturated heterocycles. The van der Waals surface area contributed by atoms with E-state index in [2.05, 4.69) is 33.7 Å². The van der Waals surface area contributed by atoms with Crippen molar-refractivity contribution < 1.29 is 13.9 Å². The monoisotopic (exact) mass is 539 g/mol. The molecule has 0 bridgehead atoms. The van der Waals surface area contributed by atoms with Crippen LogP contribution in [0.4, 0.5) is 5.69 Å². The lowest BCUT2D eigenvalue weighted by molar-refractivity contribution is -0.111. The van der Waals surface area contributed by atoms with Gasteiger partial charge in [0.05, 0.1) is 36.2 Å². The zero-order valence-corrected chi connectivity index (χ0v) is 22.9. The number of amidine groups is 1. The SMILES string of the molecule is Cc1ccc2oc(-c3c4c(nn3-c3ccc(NC(=O)/C=C/CN5CCOCC5)cc3)C(C)NN=C4N)c(C)c2c1. The van der Waals surface area contributed by atoms with Crippen LogP contribution in [0, 0.1) is 13.8 Å². The number of hydrogen-bond acceptors (Lipinski definition) is 8. The Kier molecular flexibility index (Phi) is 6.87. The molecule has 1 atom stereocenters. The molecule has 4 heterocycles. The number of hydrogen-bond donors (Lipinski definition) is 3. The molecule has 4 aromatic rings. The number of anilines is 1. The maximum absolute atomic E-state index is 12.5. The molecule has 2 aliphatic rings. The van der Waals surface area contributed by atoms with Crippen LogP contribution >= 0.6 is 0 Å². The average molecular weight is 540 g/mol. The van der Waals surface area contributed by atoms with Crippen LogP contribution in [0.25, 0.3) is 28.1 Å². The molecule has 2 aromatic carbocycles. The Labute approximate surface area is 232 Å². The van der Waals surface area contributed by atoms with E-state index in [1.54, 1.807) is 6.08 Å². The average Bonchev–Trinajstić information content (AvgIpc) is 3.51. The number of aromatic nitrogens is 2. The van der Waals surface area contributed by atoms with E-state index in [1.165, 1.54) is 0 Å². The first-order valence-electron chi connectivity index (χ1n) is 13.5. The summed E-state index contributed by atoms with van der Waals surface area (Å²) in [4.78, 5) is 14.7. The van der Waals surface area contributed by atoms with E-state index in [9.17, 15) is 4.79 Å². The van der Waals surface area contributed by atoms with E-state index in [1.807, 2.05) is 61.0 Å². The van der Waals surface area contributed by atoms with Crippen LogP contribution in [0.2, 0.25) is 0 Å². The number of amides is 1. The number of carbonyl (C=O) groups is 1. The van der Waals surface area contributed by atoms with Gasteiger partial charge in [-0.25, -0.2) is 4.68 Å². The van der Waals surface area contributed by atoms with Crippen LogP contribution in [0.5, 0.6) is 0 Å². The highest BCUT2D eigenvalue weighted by Crippen LogP contribution is 2.39. The normalized spacial score (nSPS) is 17.6. The maximum Gasteiger partial charge on any atom is 0.248 e. The Morgan fingerprint density at radius 1 is 1.18 bits per heavy atom. The van der Waals surface area contributed by atoms with Crippen LogP contribution < -0.4 is 16.5 Å². The second kappa shape index (κ2) is 10.6. The molecule has 1 amide bonds. The standard InChI is InChI=1S/C30H33N7O3/c1-18-6-11-24-23(17-18)19(2)29(40-24)28-26-27(20(3)33-34-30(26)31)35-37(28)22-9-7-21(8-10-22)32-25(38)5-4-12-36-13-15-39-16-14-36/h4-11,17,20,33H,12-16H2,1-3H3,(H2,31,34)(H,32,38)/b5-4+. The van der Waals surface area contributed by atoms with E-state index in [4.69, 9.17) is 20.0 Å². The van der Waals surface area contributed by atoms with Gasteiger partial charge in [-0.2, -0.15) is 10.2 Å². The van der Waals surface area contributed by atoms with Gasteiger partial charge in [-0.1, -0.05) is 17.7 Å². The molecule has 0 spiro atoms. The molecule has 2 aliphatic heterocycles. The van der Waals surface area contributed by atoms with Gasteiger partial charge in [-0.15, -0.1) is 0 Å². The molecule has 6 rings (SSSR count). The number of ether oxygens (including phenoxy) is 1. The summed E-state index contributed by atoms with van der Waals surface area (Å²) in [6.07, 6.45) is 3.46. The molecule has 1 unspecified atom stereocenters. The van der Waals surface area contributed by atoms with Gasteiger partial charge in [0, 0.05) is 42.3 Å². The molecule has 2 aromatic heterocycles. The molecule has 0 aliphatic carbocycles. The molecular weight excluding hydrogens is 506 g/mol. The van der Waals surface area contributed by atoms with E-state index in [0.717, 1.165) is 77.6 Å². The summed E-state index contributed by atoms with van der Waals surface area (Å²) in [6, 6.07) is 13.6. The Bertz CT molecular complexity index is 1630. The molecule has 1 fully saturated rings. The summed E-state index contributed by atoms with van der Waals surface area (Å²) in [5, 5.41) is 13.3. The first-order valence-corrected chi connectivity index (χ1v) is 13.5. The molecule has 10 nitrogen and oxygen atoms in total. The Hall–Kier alpha value is -4.41. The van der Waals surface area contributed by atoms with E-state index >= 15 is 0 Å². The lowest BCUT2D eigenvalue weighted by Gasteiger charge is -2.25. The van der Waals surface area contributed by atoms with Crippen molar-refractivity contribution in [2.75, 3.05) is 38.2 Å². The summed E-state index contributed by atoms with van der Waals surface area (Å²) in [5.41, 5.74) is 16.2. The quantitative estimate of drug-likeness (QED) is 0.316. The van der Waals surface area contributed by atoms with E-state index in [-0.39, 0.29) is 11.9 Å². The fourth-order valence-corrected chi connectivity index (χ4v) is 5.19. The summed E-state index contributed by atoms with van der Waals surface area (Å²) in [6.45, 7) is 10.1. The largest absolute Gasteiger partial charge is 0.454 e. The topological polar surface area (TPSA) is 123 Å². The first-order chi connectivity index (χ1) is 19.4. The molecule has 206 valence electrons. The second-order valence-corrected chi connectivity index (χ2v) is 10.3. The number of carbonyl (C=O) groups excluding carboxylic acids is 1. The fraction of sp³-hybridized carbons (Fsp3) is 0.300. The smallest absolute Gasteiger partial charge is 0.248 e. The minimum Gasteiger partial charge on any atom is -0.454 e. The zero-order chi connectivity index (χ0) is 27.8. The fourth-order valence-electron chi connectivity index (χ4n) is 5.19.